The summed E-state index contributed by atoms with van der Waals surface area (Å²) in [4.78, 5) is 37.0. The summed E-state index contributed by atoms with van der Waals surface area (Å²) < 4.78 is 0. The number of carboxylic acid groups (broad SMARTS) is 1. The van der Waals surface area contributed by atoms with Crippen LogP contribution in [0.25, 0.3) is 0 Å². The molecule has 0 aliphatic heterocycles. The average molecular weight is 348 g/mol. The Kier molecular flexibility index (Phi) is 7.61. The van der Waals surface area contributed by atoms with E-state index in [9.17, 15) is 19.5 Å². The minimum atomic E-state index is -1.03. The molecule has 0 aliphatic rings. The minimum absolute atomic E-state index is 0.0554. The molecule has 0 spiro atoms. The molecule has 1 rings (SSSR count). The molecule has 0 aliphatic carbocycles. The number of hydrogen-bond donors (Lipinski definition) is 2. The fourth-order valence-electron chi connectivity index (χ4n) is 2.49. The topological polar surface area (TPSA) is 86.7 Å². The third-order valence-electron chi connectivity index (χ3n) is 3.82. The molecule has 0 aromatic heterocycles. The second-order valence-corrected chi connectivity index (χ2v) is 7.04. The molecule has 2 amide bonds. The van der Waals surface area contributed by atoms with Gasteiger partial charge in [-0.25, -0.2) is 4.79 Å². The van der Waals surface area contributed by atoms with Gasteiger partial charge in [0.15, 0.2) is 0 Å². The maximum Gasteiger partial charge on any atom is 0.326 e. The van der Waals surface area contributed by atoms with Gasteiger partial charge in [-0.15, -0.1) is 0 Å². The SMILES string of the molecule is CC(C)C[C@@H](NC(=O)c1ccc(CN(C)C(=O)C(C)C)cc1)C(=O)O. The van der Waals surface area contributed by atoms with Crippen molar-refractivity contribution in [1.82, 2.24) is 10.2 Å². The highest BCUT2D eigenvalue weighted by molar-refractivity contribution is 5.96. The molecule has 0 saturated heterocycles. The second kappa shape index (κ2) is 9.20. The van der Waals surface area contributed by atoms with Crippen molar-refractivity contribution in [3.05, 3.63) is 35.4 Å². The quantitative estimate of drug-likeness (QED) is 0.756. The van der Waals surface area contributed by atoms with Gasteiger partial charge in [0.05, 0.1) is 0 Å². The predicted molar refractivity (Wildman–Crippen MR) is 96.1 cm³/mol. The Labute approximate surface area is 149 Å². The molecule has 6 heteroatoms. The van der Waals surface area contributed by atoms with Gasteiger partial charge in [0.1, 0.15) is 6.04 Å². The summed E-state index contributed by atoms with van der Waals surface area (Å²) >= 11 is 0. The number of carbonyl (C=O) groups excluding carboxylic acids is 2. The molecule has 0 fully saturated rings. The first-order chi connectivity index (χ1) is 11.6. The first kappa shape index (κ1) is 20.7. The zero-order valence-electron chi connectivity index (χ0n) is 15.6. The van der Waals surface area contributed by atoms with Crippen molar-refractivity contribution in [2.24, 2.45) is 11.8 Å². The van der Waals surface area contributed by atoms with Crippen LogP contribution in [0, 0.1) is 11.8 Å². The largest absolute Gasteiger partial charge is 0.480 e. The molecule has 138 valence electrons. The maximum absolute atomic E-state index is 12.2. The van der Waals surface area contributed by atoms with E-state index in [1.165, 1.54) is 0 Å². The third-order valence-corrected chi connectivity index (χ3v) is 3.82. The number of carbonyl (C=O) groups is 3. The highest BCUT2D eigenvalue weighted by atomic mass is 16.4. The van der Waals surface area contributed by atoms with Gasteiger partial charge < -0.3 is 15.3 Å². The summed E-state index contributed by atoms with van der Waals surface area (Å²) in [6.45, 7) is 7.98. The average Bonchev–Trinajstić information content (AvgIpc) is 2.53. The molecule has 1 atom stereocenters. The van der Waals surface area contributed by atoms with Crippen LogP contribution in [0.15, 0.2) is 24.3 Å². The van der Waals surface area contributed by atoms with Gasteiger partial charge in [0, 0.05) is 25.1 Å². The number of carboxylic acids is 1. The summed E-state index contributed by atoms with van der Waals surface area (Å²) in [6, 6.07) is 5.94. The Hall–Kier alpha value is -2.37. The molecule has 0 bridgehead atoms. The molecule has 0 saturated carbocycles. The van der Waals surface area contributed by atoms with Crippen LogP contribution in [-0.2, 0) is 16.1 Å². The van der Waals surface area contributed by atoms with Crippen LogP contribution in [-0.4, -0.2) is 40.9 Å². The first-order valence-electron chi connectivity index (χ1n) is 8.49. The fraction of sp³-hybridized carbons (Fsp3) is 0.526. The van der Waals surface area contributed by atoms with E-state index in [1.54, 1.807) is 36.2 Å². The smallest absolute Gasteiger partial charge is 0.326 e. The van der Waals surface area contributed by atoms with E-state index in [1.807, 2.05) is 27.7 Å². The van der Waals surface area contributed by atoms with Crippen LogP contribution < -0.4 is 5.32 Å². The predicted octanol–water partition coefficient (Wildman–Crippen LogP) is 2.53. The van der Waals surface area contributed by atoms with Crippen molar-refractivity contribution in [1.29, 1.82) is 0 Å². The summed E-state index contributed by atoms with van der Waals surface area (Å²) in [5.74, 6) is -1.29. The number of rotatable bonds is 8. The summed E-state index contributed by atoms with van der Waals surface area (Å²) in [6.07, 6.45) is 0.376. The molecule has 6 nitrogen and oxygen atoms in total. The Morgan fingerprint density at radius 2 is 1.64 bits per heavy atom. The van der Waals surface area contributed by atoms with Gasteiger partial charge in [-0.3, -0.25) is 9.59 Å². The first-order valence-corrected chi connectivity index (χ1v) is 8.49. The maximum atomic E-state index is 12.2. The van der Waals surface area contributed by atoms with Gasteiger partial charge in [0.2, 0.25) is 5.91 Å². The van der Waals surface area contributed by atoms with E-state index in [0.29, 0.717) is 18.5 Å². The summed E-state index contributed by atoms with van der Waals surface area (Å²) in [5, 5.41) is 11.8. The lowest BCUT2D eigenvalue weighted by Gasteiger charge is -2.20. The molecule has 0 radical (unpaired) electrons. The number of amides is 2. The van der Waals surface area contributed by atoms with Gasteiger partial charge in [0.25, 0.3) is 5.91 Å². The van der Waals surface area contributed by atoms with Gasteiger partial charge in [-0.05, 0) is 30.0 Å². The summed E-state index contributed by atoms with van der Waals surface area (Å²) in [7, 11) is 1.74. The molecule has 1 aromatic carbocycles. The highest BCUT2D eigenvalue weighted by Crippen LogP contribution is 2.11. The zero-order chi connectivity index (χ0) is 19.1. The molecule has 2 N–H and O–H groups in total. The molecular weight excluding hydrogens is 320 g/mol. The second-order valence-electron chi connectivity index (χ2n) is 7.04. The lowest BCUT2D eigenvalue weighted by Crippen LogP contribution is -2.41. The van der Waals surface area contributed by atoms with E-state index in [0.717, 1.165) is 5.56 Å². The number of benzene rings is 1. The standard InChI is InChI=1S/C19H28N2O4/c1-12(2)10-16(19(24)25)20-17(22)15-8-6-14(7-9-15)11-21(5)18(23)13(3)4/h6-9,12-13,16H,10-11H2,1-5H3,(H,20,22)(H,24,25)/t16-/m1/s1. The number of aliphatic carboxylic acids is 1. The third kappa shape index (κ3) is 6.57. The minimum Gasteiger partial charge on any atom is -0.480 e. The van der Waals surface area contributed by atoms with Crippen molar-refractivity contribution in [3.63, 3.8) is 0 Å². The fourth-order valence-corrected chi connectivity index (χ4v) is 2.49. The lowest BCUT2D eigenvalue weighted by molar-refractivity contribution is -0.139. The molecule has 1 aromatic rings. The summed E-state index contributed by atoms with van der Waals surface area (Å²) in [5.41, 5.74) is 1.31. The van der Waals surface area contributed by atoms with Crippen molar-refractivity contribution < 1.29 is 19.5 Å². The van der Waals surface area contributed by atoms with Crippen LogP contribution >= 0.6 is 0 Å². The van der Waals surface area contributed by atoms with Crippen molar-refractivity contribution in [2.75, 3.05) is 7.05 Å². The van der Waals surface area contributed by atoms with Gasteiger partial charge in [-0.1, -0.05) is 39.8 Å². The Morgan fingerprint density at radius 3 is 2.08 bits per heavy atom. The monoisotopic (exact) mass is 348 g/mol. The van der Waals surface area contributed by atoms with Crippen molar-refractivity contribution in [2.45, 2.75) is 46.7 Å². The van der Waals surface area contributed by atoms with E-state index in [2.05, 4.69) is 5.32 Å². The molecular formula is C19H28N2O4. The van der Waals surface area contributed by atoms with Crippen molar-refractivity contribution in [3.8, 4) is 0 Å². The van der Waals surface area contributed by atoms with E-state index < -0.39 is 17.9 Å². The Balaban J connectivity index is 2.73. The molecule has 0 unspecified atom stereocenters. The Morgan fingerprint density at radius 1 is 1.08 bits per heavy atom. The normalized spacial score (nSPS) is 12.1. The van der Waals surface area contributed by atoms with E-state index in [4.69, 9.17) is 0 Å². The van der Waals surface area contributed by atoms with Crippen LogP contribution in [0.2, 0.25) is 0 Å². The Bertz CT molecular complexity index is 608. The zero-order valence-corrected chi connectivity index (χ0v) is 15.6. The van der Waals surface area contributed by atoms with Crippen LogP contribution in [0.4, 0.5) is 0 Å². The highest BCUT2D eigenvalue weighted by Gasteiger charge is 2.21. The van der Waals surface area contributed by atoms with Crippen LogP contribution in [0.5, 0.6) is 0 Å². The number of nitrogens with one attached hydrogen (secondary N) is 1. The van der Waals surface area contributed by atoms with Crippen molar-refractivity contribution >= 4 is 17.8 Å². The molecule has 25 heavy (non-hydrogen) atoms. The van der Waals surface area contributed by atoms with Crippen LogP contribution in [0.1, 0.15) is 50.0 Å². The van der Waals surface area contributed by atoms with E-state index >= 15 is 0 Å². The van der Waals surface area contributed by atoms with Crippen LogP contribution in [0.3, 0.4) is 0 Å². The van der Waals surface area contributed by atoms with E-state index in [-0.39, 0.29) is 17.7 Å². The number of nitrogens with zero attached hydrogens (tertiary/aromatic N) is 1. The van der Waals surface area contributed by atoms with Gasteiger partial charge >= 0.3 is 5.97 Å². The molecule has 0 heterocycles. The van der Waals surface area contributed by atoms with Gasteiger partial charge in [-0.2, -0.15) is 0 Å². The number of hydrogen-bond acceptors (Lipinski definition) is 3. The lowest BCUT2D eigenvalue weighted by atomic mass is 10.0.